The van der Waals surface area contributed by atoms with E-state index >= 15 is 0 Å². The van der Waals surface area contributed by atoms with Crippen LogP contribution in [0.25, 0.3) is 49.8 Å². The third-order valence-electron chi connectivity index (χ3n) is 13.2. The Morgan fingerprint density at radius 2 is 1.52 bits per heavy atom. The standard InChI is InChI=1S/C51H34BN2/c1-2-14-31-29-45-38(27-30(31)13-1)36-19-11-20-37(48(36)53-45)39-28-32-15-3-4-16-33(32)49-47(39)52-44-25-12-24-43-50(44)54(49)46-26-10-9-23-42(46)51(43)40-21-7-5-17-34(40)35-18-6-8-22-41(35)51/h1,3-13,15-17,19-29,35,53H,2,14,18H2. The smallest absolute Gasteiger partial charge is 0.197 e. The van der Waals surface area contributed by atoms with Crippen molar-refractivity contribution in [3.63, 3.8) is 0 Å². The molecule has 0 amide bonds. The van der Waals surface area contributed by atoms with Crippen molar-refractivity contribution in [2.24, 2.45) is 0 Å². The monoisotopic (exact) mass is 685 g/mol. The number of aromatic nitrogens is 1. The Labute approximate surface area is 315 Å². The summed E-state index contributed by atoms with van der Waals surface area (Å²) in [4.78, 5) is 6.57. The van der Waals surface area contributed by atoms with Crippen LogP contribution in [0, 0.1) is 0 Å². The quantitative estimate of drug-likeness (QED) is 0.170. The summed E-state index contributed by atoms with van der Waals surface area (Å²) in [6, 6.07) is 48.7. The molecular weight excluding hydrogens is 651 g/mol. The first-order valence-corrected chi connectivity index (χ1v) is 19.4. The van der Waals surface area contributed by atoms with Crippen LogP contribution in [0.3, 0.4) is 0 Å². The highest BCUT2D eigenvalue weighted by Crippen LogP contribution is 2.65. The average molecular weight is 686 g/mol. The van der Waals surface area contributed by atoms with E-state index in [1.54, 1.807) is 0 Å². The fourth-order valence-electron chi connectivity index (χ4n) is 11.1. The zero-order chi connectivity index (χ0) is 35.1. The van der Waals surface area contributed by atoms with Crippen LogP contribution in [0.4, 0.5) is 17.1 Å². The number of nitrogens with one attached hydrogen (secondary N) is 1. The maximum absolute atomic E-state index is 3.94. The SMILES string of the molecule is [B]1c2cccc3c2N(c2ccccc2C32C3=CC=CCC3c3ccccc32)c2c1c(-c1cccc3c1[nH]c1cc4c(cc13)C=CCC4)cc1ccccc21. The molecule has 13 rings (SSSR count). The molecule has 251 valence electrons. The van der Waals surface area contributed by atoms with E-state index in [1.165, 1.54) is 111 Å². The van der Waals surface area contributed by atoms with Crippen LogP contribution in [-0.2, 0) is 11.8 Å². The van der Waals surface area contributed by atoms with Gasteiger partial charge in [0.1, 0.15) is 0 Å². The summed E-state index contributed by atoms with van der Waals surface area (Å²) in [5.41, 5.74) is 20.8. The number of benzene rings is 7. The van der Waals surface area contributed by atoms with Crippen molar-refractivity contribution in [3.8, 4) is 11.1 Å². The van der Waals surface area contributed by atoms with Gasteiger partial charge in [-0.05, 0) is 98.9 Å². The van der Waals surface area contributed by atoms with Crippen LogP contribution >= 0.6 is 0 Å². The molecule has 0 saturated heterocycles. The highest BCUT2D eigenvalue weighted by Gasteiger charge is 2.55. The maximum atomic E-state index is 3.94. The third kappa shape index (κ3) is 3.53. The normalized spacial score (nSPS) is 19.6. The van der Waals surface area contributed by atoms with Crippen molar-refractivity contribution in [2.75, 3.05) is 4.90 Å². The molecule has 54 heavy (non-hydrogen) atoms. The Hall–Kier alpha value is -6.32. The van der Waals surface area contributed by atoms with Crippen LogP contribution in [0.15, 0.2) is 157 Å². The Bertz CT molecular complexity index is 3080. The van der Waals surface area contributed by atoms with E-state index in [2.05, 4.69) is 175 Å². The number of aromatic amines is 1. The molecule has 3 heterocycles. The van der Waals surface area contributed by atoms with Crippen molar-refractivity contribution in [2.45, 2.75) is 30.6 Å². The second kappa shape index (κ2) is 10.4. The van der Waals surface area contributed by atoms with E-state index in [0.29, 0.717) is 5.92 Å². The van der Waals surface area contributed by atoms with Crippen LogP contribution < -0.4 is 15.8 Å². The van der Waals surface area contributed by atoms with Crippen LogP contribution in [0.1, 0.15) is 52.1 Å². The number of H-pyrrole nitrogens is 1. The van der Waals surface area contributed by atoms with E-state index < -0.39 is 0 Å². The van der Waals surface area contributed by atoms with Crippen LogP contribution in [-0.4, -0.2) is 12.3 Å². The lowest BCUT2D eigenvalue weighted by Crippen LogP contribution is -2.47. The lowest BCUT2D eigenvalue weighted by atomic mass is 9.54. The molecule has 1 radical (unpaired) electrons. The van der Waals surface area contributed by atoms with E-state index in [9.17, 15) is 0 Å². The summed E-state index contributed by atoms with van der Waals surface area (Å²) in [5, 5.41) is 5.09. The number of para-hydroxylation sites is 3. The minimum Gasteiger partial charge on any atom is -0.354 e. The van der Waals surface area contributed by atoms with Crippen molar-refractivity contribution in [1.82, 2.24) is 4.98 Å². The van der Waals surface area contributed by atoms with E-state index in [1.807, 2.05) is 0 Å². The third-order valence-corrected chi connectivity index (χ3v) is 13.2. The Kier molecular flexibility index (Phi) is 5.63. The molecule has 8 aromatic rings. The van der Waals surface area contributed by atoms with Crippen molar-refractivity contribution in [1.29, 1.82) is 0 Å². The zero-order valence-corrected chi connectivity index (χ0v) is 29.7. The first-order chi connectivity index (χ1) is 26.8. The molecule has 1 spiro atoms. The van der Waals surface area contributed by atoms with Gasteiger partial charge >= 0.3 is 0 Å². The fraction of sp³-hybridized carbons (Fsp3) is 0.0980. The van der Waals surface area contributed by atoms with Crippen molar-refractivity contribution < 1.29 is 0 Å². The van der Waals surface area contributed by atoms with Gasteiger partial charge in [0, 0.05) is 44.5 Å². The number of allylic oxidation sites excluding steroid dienone is 5. The number of anilines is 3. The number of hydrogen-bond donors (Lipinski definition) is 1. The van der Waals surface area contributed by atoms with Gasteiger partial charge in [-0.15, -0.1) is 0 Å². The molecule has 2 aliphatic heterocycles. The maximum Gasteiger partial charge on any atom is 0.197 e. The molecule has 1 N–H and O–H groups in total. The van der Waals surface area contributed by atoms with Gasteiger partial charge in [-0.2, -0.15) is 0 Å². The number of nitrogens with zero attached hydrogens (tertiary/aromatic N) is 1. The summed E-state index contributed by atoms with van der Waals surface area (Å²) < 4.78 is 0. The highest BCUT2D eigenvalue weighted by molar-refractivity contribution is 6.74. The average Bonchev–Trinajstić information content (AvgIpc) is 3.74. The molecule has 7 aromatic carbocycles. The van der Waals surface area contributed by atoms with Crippen LogP contribution in [0.2, 0.25) is 0 Å². The molecule has 0 saturated carbocycles. The lowest BCUT2D eigenvalue weighted by Gasteiger charge is -2.49. The van der Waals surface area contributed by atoms with Gasteiger partial charge in [-0.1, -0.05) is 139 Å². The fourth-order valence-corrected chi connectivity index (χ4v) is 11.1. The van der Waals surface area contributed by atoms with Gasteiger partial charge in [-0.3, -0.25) is 0 Å². The topological polar surface area (TPSA) is 19.0 Å². The number of fused-ring (bicyclic) bond motifs is 17. The van der Waals surface area contributed by atoms with Gasteiger partial charge in [0.05, 0.1) is 16.6 Å². The molecule has 3 aliphatic carbocycles. The summed E-state index contributed by atoms with van der Waals surface area (Å²) >= 11 is 0. The second-order valence-corrected chi connectivity index (χ2v) is 15.7. The largest absolute Gasteiger partial charge is 0.354 e. The minimum absolute atomic E-state index is 0.368. The summed E-state index contributed by atoms with van der Waals surface area (Å²) in [5.74, 6) is 0.368. The highest BCUT2D eigenvalue weighted by atomic mass is 15.2. The predicted molar refractivity (Wildman–Crippen MR) is 227 cm³/mol. The molecule has 5 aliphatic rings. The van der Waals surface area contributed by atoms with Gasteiger partial charge in [0.15, 0.2) is 7.28 Å². The van der Waals surface area contributed by atoms with E-state index in [0.717, 1.165) is 19.3 Å². The Morgan fingerprint density at radius 3 is 2.50 bits per heavy atom. The number of hydrogen-bond acceptors (Lipinski definition) is 1. The molecule has 3 heteroatoms. The second-order valence-electron chi connectivity index (χ2n) is 15.7. The first kappa shape index (κ1) is 29.2. The molecule has 0 fully saturated rings. The predicted octanol–water partition coefficient (Wildman–Crippen LogP) is 11.2. The first-order valence-electron chi connectivity index (χ1n) is 19.4. The summed E-state index contributed by atoms with van der Waals surface area (Å²) in [7, 11) is 2.49. The Morgan fingerprint density at radius 1 is 0.685 bits per heavy atom. The summed E-state index contributed by atoms with van der Waals surface area (Å²) in [6.45, 7) is 0. The zero-order valence-electron chi connectivity index (χ0n) is 29.7. The number of rotatable bonds is 1. The van der Waals surface area contributed by atoms with Crippen molar-refractivity contribution in [3.05, 3.63) is 191 Å². The molecule has 1 aromatic heterocycles. The summed E-state index contributed by atoms with van der Waals surface area (Å²) in [6.07, 6.45) is 14.9. The van der Waals surface area contributed by atoms with E-state index in [4.69, 9.17) is 0 Å². The van der Waals surface area contributed by atoms with Gasteiger partial charge in [0.25, 0.3) is 0 Å². The van der Waals surface area contributed by atoms with Gasteiger partial charge in [-0.25, -0.2) is 0 Å². The molecule has 2 nitrogen and oxygen atoms in total. The minimum atomic E-state index is -0.368. The Balaban J connectivity index is 1.12. The van der Waals surface area contributed by atoms with Crippen molar-refractivity contribution >= 4 is 73.9 Å². The molecule has 0 bridgehead atoms. The lowest BCUT2D eigenvalue weighted by molar-refractivity contribution is 0.686. The molecule has 2 atom stereocenters. The van der Waals surface area contributed by atoms with E-state index in [-0.39, 0.29) is 5.41 Å². The van der Waals surface area contributed by atoms with Gasteiger partial charge in [0.2, 0.25) is 0 Å². The molecular formula is C51H34BN2. The van der Waals surface area contributed by atoms with Gasteiger partial charge < -0.3 is 9.88 Å². The number of aryl methyl sites for hydroxylation is 1. The van der Waals surface area contributed by atoms with Crippen LogP contribution in [0.5, 0.6) is 0 Å². The molecule has 2 unspecified atom stereocenters.